The van der Waals surface area contributed by atoms with Crippen LogP contribution in [0.15, 0.2) is 30.3 Å². The van der Waals surface area contributed by atoms with Crippen molar-refractivity contribution < 1.29 is 9.84 Å². The molecule has 0 amide bonds. The lowest BCUT2D eigenvalue weighted by Crippen LogP contribution is -2.37. The van der Waals surface area contributed by atoms with Crippen molar-refractivity contribution >= 4 is 0 Å². The molecule has 0 spiro atoms. The van der Waals surface area contributed by atoms with Gasteiger partial charge in [0.05, 0.1) is 12.7 Å². The van der Waals surface area contributed by atoms with Crippen molar-refractivity contribution in [3.8, 4) is 0 Å². The van der Waals surface area contributed by atoms with Crippen molar-refractivity contribution in [2.75, 3.05) is 19.8 Å². The average molecular weight is 293 g/mol. The van der Waals surface area contributed by atoms with Crippen molar-refractivity contribution in [2.45, 2.75) is 58.1 Å². The fourth-order valence-electron chi connectivity index (χ4n) is 2.29. The van der Waals surface area contributed by atoms with Crippen molar-refractivity contribution in [3.63, 3.8) is 0 Å². The van der Waals surface area contributed by atoms with Crippen LogP contribution >= 0.6 is 0 Å². The molecule has 0 aliphatic carbocycles. The van der Waals surface area contributed by atoms with Crippen molar-refractivity contribution in [1.29, 1.82) is 0 Å². The third-order valence-corrected chi connectivity index (χ3v) is 3.54. The molecule has 1 aromatic rings. The number of nitrogens with one attached hydrogen (secondary N) is 1. The molecule has 120 valence electrons. The normalized spacial score (nSPS) is 14.0. The number of ether oxygens (including phenoxy) is 1. The third-order valence-electron chi connectivity index (χ3n) is 3.54. The van der Waals surface area contributed by atoms with E-state index in [1.165, 1.54) is 24.8 Å². The zero-order chi connectivity index (χ0) is 15.3. The summed E-state index contributed by atoms with van der Waals surface area (Å²) in [6, 6.07) is 10.8. The van der Waals surface area contributed by atoms with Crippen LogP contribution in [0.3, 0.4) is 0 Å². The SMILES string of the molecule is CCCCCCOCC(O)CNC(C)Cc1ccccc1. The number of benzene rings is 1. The van der Waals surface area contributed by atoms with Gasteiger partial charge in [-0.1, -0.05) is 56.5 Å². The molecular formula is C18H31NO2. The van der Waals surface area contributed by atoms with E-state index in [1.54, 1.807) is 0 Å². The van der Waals surface area contributed by atoms with Gasteiger partial charge in [-0.15, -0.1) is 0 Å². The Bertz CT molecular complexity index is 342. The molecule has 3 heteroatoms. The summed E-state index contributed by atoms with van der Waals surface area (Å²) in [6.07, 6.45) is 5.38. The molecule has 0 aliphatic heterocycles. The summed E-state index contributed by atoms with van der Waals surface area (Å²) < 4.78 is 5.50. The van der Waals surface area contributed by atoms with E-state index in [-0.39, 0.29) is 0 Å². The van der Waals surface area contributed by atoms with Gasteiger partial charge in [0, 0.05) is 19.2 Å². The Hall–Kier alpha value is -0.900. The quantitative estimate of drug-likeness (QED) is 0.582. The summed E-state index contributed by atoms with van der Waals surface area (Å²) in [5.41, 5.74) is 1.32. The second-order valence-electron chi connectivity index (χ2n) is 5.79. The minimum absolute atomic E-state index is 0.353. The van der Waals surface area contributed by atoms with E-state index >= 15 is 0 Å². The van der Waals surface area contributed by atoms with E-state index < -0.39 is 6.10 Å². The molecule has 2 N–H and O–H groups in total. The topological polar surface area (TPSA) is 41.5 Å². The highest BCUT2D eigenvalue weighted by atomic mass is 16.5. The van der Waals surface area contributed by atoms with Crippen LogP contribution in [0.5, 0.6) is 0 Å². The molecular weight excluding hydrogens is 262 g/mol. The van der Waals surface area contributed by atoms with Gasteiger partial charge in [-0.2, -0.15) is 0 Å². The summed E-state index contributed by atoms with van der Waals surface area (Å²) in [4.78, 5) is 0. The minimum Gasteiger partial charge on any atom is -0.389 e. The van der Waals surface area contributed by atoms with Gasteiger partial charge in [-0.25, -0.2) is 0 Å². The van der Waals surface area contributed by atoms with Gasteiger partial charge in [0.15, 0.2) is 0 Å². The van der Waals surface area contributed by atoms with E-state index in [9.17, 15) is 5.11 Å². The first-order valence-corrected chi connectivity index (χ1v) is 8.25. The minimum atomic E-state index is -0.422. The molecule has 21 heavy (non-hydrogen) atoms. The molecule has 3 nitrogen and oxygen atoms in total. The highest BCUT2D eigenvalue weighted by Gasteiger charge is 2.07. The predicted octanol–water partition coefficient (Wildman–Crippen LogP) is 3.17. The van der Waals surface area contributed by atoms with E-state index in [1.807, 2.05) is 6.07 Å². The Balaban J connectivity index is 2.03. The lowest BCUT2D eigenvalue weighted by molar-refractivity contribution is 0.0344. The summed E-state index contributed by atoms with van der Waals surface area (Å²) in [6.45, 7) is 6.12. The number of unbranched alkanes of at least 4 members (excludes halogenated alkanes) is 3. The Kier molecular flexibility index (Phi) is 10.1. The van der Waals surface area contributed by atoms with Gasteiger partial charge >= 0.3 is 0 Å². The second kappa shape index (κ2) is 11.7. The Labute approximate surface area is 129 Å². The summed E-state index contributed by atoms with van der Waals surface area (Å²) in [5.74, 6) is 0. The summed E-state index contributed by atoms with van der Waals surface area (Å²) in [5, 5.41) is 13.2. The maximum absolute atomic E-state index is 9.88. The zero-order valence-electron chi connectivity index (χ0n) is 13.6. The third kappa shape index (κ3) is 9.62. The molecule has 0 aliphatic rings. The number of aliphatic hydroxyl groups excluding tert-OH is 1. The van der Waals surface area contributed by atoms with Gasteiger partial charge < -0.3 is 15.2 Å². The van der Waals surface area contributed by atoms with E-state index in [2.05, 4.69) is 43.4 Å². The molecule has 0 bridgehead atoms. The Morgan fingerprint density at radius 3 is 2.62 bits per heavy atom. The Morgan fingerprint density at radius 1 is 1.14 bits per heavy atom. The van der Waals surface area contributed by atoms with Crippen LogP contribution < -0.4 is 5.32 Å². The molecule has 0 saturated carbocycles. The zero-order valence-corrected chi connectivity index (χ0v) is 13.6. The van der Waals surface area contributed by atoms with Gasteiger partial charge in [-0.3, -0.25) is 0 Å². The van der Waals surface area contributed by atoms with Crippen molar-refractivity contribution in [1.82, 2.24) is 5.32 Å². The summed E-state index contributed by atoms with van der Waals surface area (Å²) in [7, 11) is 0. The van der Waals surface area contributed by atoms with Gasteiger partial charge in [0.1, 0.15) is 0 Å². The van der Waals surface area contributed by atoms with Crippen LogP contribution in [-0.2, 0) is 11.2 Å². The van der Waals surface area contributed by atoms with Crippen molar-refractivity contribution in [3.05, 3.63) is 35.9 Å². The highest BCUT2D eigenvalue weighted by Crippen LogP contribution is 2.03. The van der Waals surface area contributed by atoms with E-state index in [0.29, 0.717) is 19.2 Å². The molecule has 0 aromatic heterocycles. The van der Waals surface area contributed by atoms with Crippen LogP contribution in [0.1, 0.15) is 45.1 Å². The molecule has 1 rings (SSSR count). The van der Waals surface area contributed by atoms with Gasteiger partial charge in [-0.05, 0) is 25.3 Å². The van der Waals surface area contributed by atoms with Crippen LogP contribution in [0.2, 0.25) is 0 Å². The first kappa shape index (κ1) is 18.1. The Morgan fingerprint density at radius 2 is 1.90 bits per heavy atom. The average Bonchev–Trinajstić information content (AvgIpc) is 2.50. The van der Waals surface area contributed by atoms with E-state index in [4.69, 9.17) is 4.74 Å². The molecule has 0 radical (unpaired) electrons. The number of hydrogen-bond acceptors (Lipinski definition) is 3. The molecule has 0 fully saturated rings. The lowest BCUT2D eigenvalue weighted by atomic mass is 10.1. The van der Waals surface area contributed by atoms with Crippen LogP contribution in [0, 0.1) is 0 Å². The highest BCUT2D eigenvalue weighted by molar-refractivity contribution is 5.15. The fourth-order valence-corrected chi connectivity index (χ4v) is 2.29. The monoisotopic (exact) mass is 293 g/mol. The molecule has 2 unspecified atom stereocenters. The number of rotatable bonds is 12. The maximum atomic E-state index is 9.88. The predicted molar refractivity (Wildman–Crippen MR) is 88.6 cm³/mol. The van der Waals surface area contributed by atoms with Gasteiger partial charge in [0.25, 0.3) is 0 Å². The molecule has 2 atom stereocenters. The first-order valence-electron chi connectivity index (χ1n) is 8.25. The molecule has 1 aromatic carbocycles. The lowest BCUT2D eigenvalue weighted by Gasteiger charge is -2.17. The largest absolute Gasteiger partial charge is 0.389 e. The maximum Gasteiger partial charge on any atom is 0.0897 e. The summed E-state index contributed by atoms with van der Waals surface area (Å²) >= 11 is 0. The first-order chi connectivity index (χ1) is 10.2. The van der Waals surface area contributed by atoms with Crippen LogP contribution in [0.25, 0.3) is 0 Å². The number of aliphatic hydroxyl groups is 1. The molecule has 0 heterocycles. The van der Waals surface area contributed by atoms with Crippen molar-refractivity contribution in [2.24, 2.45) is 0 Å². The fraction of sp³-hybridized carbons (Fsp3) is 0.667. The second-order valence-corrected chi connectivity index (χ2v) is 5.79. The standard InChI is InChI=1S/C18H31NO2/c1-3-4-5-9-12-21-15-18(20)14-19-16(2)13-17-10-7-6-8-11-17/h6-8,10-11,16,18-20H,3-5,9,12-15H2,1-2H3. The van der Waals surface area contributed by atoms with E-state index in [0.717, 1.165) is 19.4 Å². The van der Waals surface area contributed by atoms with Crippen LogP contribution in [0.4, 0.5) is 0 Å². The molecule has 0 saturated heterocycles. The smallest absolute Gasteiger partial charge is 0.0897 e. The van der Waals surface area contributed by atoms with Crippen LogP contribution in [-0.4, -0.2) is 37.0 Å². The number of hydrogen-bond donors (Lipinski definition) is 2. The van der Waals surface area contributed by atoms with Gasteiger partial charge in [0.2, 0.25) is 0 Å².